The molecule has 18 heavy (non-hydrogen) atoms. The first kappa shape index (κ1) is 14.5. The average molecular weight is 251 g/mol. The summed E-state index contributed by atoms with van der Waals surface area (Å²) in [4.78, 5) is 10.7. The van der Waals surface area contributed by atoms with Gasteiger partial charge in [0.25, 0.3) is 0 Å². The number of aliphatic hydroxyl groups excluding tert-OH is 1. The summed E-state index contributed by atoms with van der Waals surface area (Å²) < 4.78 is 5.28. The van der Waals surface area contributed by atoms with Crippen LogP contribution >= 0.6 is 0 Å². The van der Waals surface area contributed by atoms with Gasteiger partial charge in [0.1, 0.15) is 5.75 Å². The van der Waals surface area contributed by atoms with Crippen LogP contribution in [0, 0.1) is 13.8 Å². The molecule has 0 saturated carbocycles. The van der Waals surface area contributed by atoms with E-state index in [0.29, 0.717) is 25.0 Å². The molecule has 1 unspecified atom stereocenters. The maximum absolute atomic E-state index is 10.7. The molecule has 100 valence electrons. The third kappa shape index (κ3) is 3.74. The summed E-state index contributed by atoms with van der Waals surface area (Å²) in [5.41, 5.74) is 8.08. The molecule has 1 aromatic carbocycles. The fourth-order valence-corrected chi connectivity index (χ4v) is 1.87. The number of benzene rings is 1. The van der Waals surface area contributed by atoms with E-state index in [1.54, 1.807) is 7.11 Å². The maximum Gasteiger partial charge on any atom is 0.217 e. The van der Waals surface area contributed by atoms with Gasteiger partial charge < -0.3 is 15.6 Å². The number of amides is 1. The summed E-state index contributed by atoms with van der Waals surface area (Å²) in [6, 6.07) is 3.85. The second kappa shape index (κ2) is 6.40. The molecule has 0 aliphatic heterocycles. The summed E-state index contributed by atoms with van der Waals surface area (Å²) in [7, 11) is 1.59. The number of hydrogen-bond donors (Lipinski definition) is 2. The zero-order valence-electron chi connectivity index (χ0n) is 11.2. The van der Waals surface area contributed by atoms with Gasteiger partial charge in [0.2, 0.25) is 5.91 Å². The van der Waals surface area contributed by atoms with Crippen molar-refractivity contribution >= 4 is 5.91 Å². The lowest BCUT2D eigenvalue weighted by Crippen LogP contribution is -2.10. The van der Waals surface area contributed by atoms with Crippen molar-refractivity contribution in [3.63, 3.8) is 0 Å². The van der Waals surface area contributed by atoms with Gasteiger partial charge in [0, 0.05) is 12.0 Å². The van der Waals surface area contributed by atoms with Crippen molar-refractivity contribution in [2.24, 2.45) is 5.73 Å². The molecule has 3 N–H and O–H groups in total. The van der Waals surface area contributed by atoms with Crippen LogP contribution in [-0.4, -0.2) is 18.1 Å². The summed E-state index contributed by atoms with van der Waals surface area (Å²) in [6.07, 6.45) is 0.747. The van der Waals surface area contributed by atoms with Crippen LogP contribution in [0.5, 0.6) is 5.75 Å². The predicted molar refractivity (Wildman–Crippen MR) is 70.5 cm³/mol. The van der Waals surface area contributed by atoms with Crippen molar-refractivity contribution in [3.8, 4) is 5.75 Å². The highest BCUT2D eigenvalue weighted by atomic mass is 16.5. The molecule has 0 aliphatic carbocycles. The zero-order valence-corrected chi connectivity index (χ0v) is 11.2. The van der Waals surface area contributed by atoms with Crippen LogP contribution in [0.4, 0.5) is 0 Å². The molecule has 4 heteroatoms. The number of carbonyl (C=O) groups excluding carboxylic acids is 1. The Kier molecular flexibility index (Phi) is 5.16. The van der Waals surface area contributed by atoms with Gasteiger partial charge >= 0.3 is 0 Å². The Balaban J connectivity index is 2.80. The van der Waals surface area contributed by atoms with E-state index >= 15 is 0 Å². The minimum absolute atomic E-state index is 0.296. The molecule has 0 fully saturated rings. The Morgan fingerprint density at radius 3 is 2.56 bits per heavy atom. The van der Waals surface area contributed by atoms with E-state index in [9.17, 15) is 9.90 Å². The Morgan fingerprint density at radius 2 is 2.00 bits per heavy atom. The SMILES string of the molecule is COc1cc(C)c(C)cc1C(O)CCCC(N)=O. The standard InChI is InChI=1S/C14H21NO3/c1-9-7-11(13(18-3)8-10(9)2)12(16)5-4-6-14(15)17/h7-8,12,16H,4-6H2,1-3H3,(H2,15,17). The van der Waals surface area contributed by atoms with Crippen LogP contribution in [0.1, 0.15) is 42.1 Å². The first-order chi connectivity index (χ1) is 8.45. The van der Waals surface area contributed by atoms with Gasteiger partial charge in [-0.1, -0.05) is 0 Å². The van der Waals surface area contributed by atoms with Crippen molar-refractivity contribution in [3.05, 3.63) is 28.8 Å². The molecule has 0 aromatic heterocycles. The highest BCUT2D eigenvalue weighted by Gasteiger charge is 2.14. The van der Waals surface area contributed by atoms with Gasteiger partial charge in [-0.15, -0.1) is 0 Å². The number of aliphatic hydroxyl groups is 1. The molecule has 1 aromatic rings. The molecule has 1 atom stereocenters. The predicted octanol–water partition coefficient (Wildman–Crippen LogP) is 2.00. The quantitative estimate of drug-likeness (QED) is 0.812. The largest absolute Gasteiger partial charge is 0.496 e. The van der Waals surface area contributed by atoms with Crippen molar-refractivity contribution in [1.29, 1.82) is 0 Å². The van der Waals surface area contributed by atoms with E-state index in [0.717, 1.165) is 16.7 Å². The Hall–Kier alpha value is -1.55. The van der Waals surface area contributed by atoms with Gasteiger partial charge in [-0.25, -0.2) is 0 Å². The van der Waals surface area contributed by atoms with E-state index in [1.807, 2.05) is 26.0 Å². The van der Waals surface area contributed by atoms with Crippen LogP contribution in [0.25, 0.3) is 0 Å². The molecule has 0 saturated heterocycles. The van der Waals surface area contributed by atoms with Gasteiger partial charge in [0.15, 0.2) is 0 Å². The minimum atomic E-state index is -0.626. The molecule has 4 nitrogen and oxygen atoms in total. The second-order valence-electron chi connectivity index (χ2n) is 4.55. The normalized spacial score (nSPS) is 12.2. The fraction of sp³-hybridized carbons (Fsp3) is 0.500. The Morgan fingerprint density at radius 1 is 1.39 bits per heavy atom. The van der Waals surface area contributed by atoms with Gasteiger partial charge in [-0.05, 0) is 49.9 Å². The van der Waals surface area contributed by atoms with E-state index in [-0.39, 0.29) is 5.91 Å². The minimum Gasteiger partial charge on any atom is -0.496 e. The third-order valence-electron chi connectivity index (χ3n) is 3.11. The summed E-state index contributed by atoms with van der Waals surface area (Å²) in [5, 5.41) is 10.1. The number of aryl methyl sites for hydroxylation is 2. The topological polar surface area (TPSA) is 72.6 Å². The molecule has 0 radical (unpaired) electrons. The first-order valence-corrected chi connectivity index (χ1v) is 6.07. The van der Waals surface area contributed by atoms with E-state index in [4.69, 9.17) is 10.5 Å². The molecular formula is C14H21NO3. The maximum atomic E-state index is 10.7. The van der Waals surface area contributed by atoms with E-state index in [1.165, 1.54) is 0 Å². The molecule has 1 rings (SSSR count). The van der Waals surface area contributed by atoms with Crippen molar-refractivity contribution in [2.75, 3.05) is 7.11 Å². The Bertz CT molecular complexity index is 429. The molecular weight excluding hydrogens is 230 g/mol. The number of hydrogen-bond acceptors (Lipinski definition) is 3. The number of rotatable bonds is 6. The van der Waals surface area contributed by atoms with Gasteiger partial charge in [0.05, 0.1) is 13.2 Å². The smallest absolute Gasteiger partial charge is 0.217 e. The number of ether oxygens (including phenoxy) is 1. The molecule has 0 spiro atoms. The van der Waals surface area contributed by atoms with E-state index in [2.05, 4.69) is 0 Å². The zero-order chi connectivity index (χ0) is 13.7. The first-order valence-electron chi connectivity index (χ1n) is 6.07. The molecule has 1 amide bonds. The summed E-state index contributed by atoms with van der Waals surface area (Å²) in [6.45, 7) is 4.00. The van der Waals surface area contributed by atoms with Gasteiger partial charge in [-0.3, -0.25) is 4.79 Å². The van der Waals surface area contributed by atoms with Crippen LogP contribution in [-0.2, 0) is 4.79 Å². The number of methoxy groups -OCH3 is 1. The van der Waals surface area contributed by atoms with Crippen LogP contribution in [0.15, 0.2) is 12.1 Å². The fourth-order valence-electron chi connectivity index (χ4n) is 1.87. The Labute approximate surface area is 108 Å². The van der Waals surface area contributed by atoms with Crippen molar-refractivity contribution < 1.29 is 14.6 Å². The van der Waals surface area contributed by atoms with Crippen LogP contribution < -0.4 is 10.5 Å². The summed E-state index contributed by atoms with van der Waals surface area (Å²) in [5.74, 6) is 0.346. The van der Waals surface area contributed by atoms with Crippen molar-refractivity contribution in [1.82, 2.24) is 0 Å². The van der Waals surface area contributed by atoms with Gasteiger partial charge in [-0.2, -0.15) is 0 Å². The van der Waals surface area contributed by atoms with Crippen molar-refractivity contribution in [2.45, 2.75) is 39.2 Å². The number of primary amides is 1. The lowest BCUT2D eigenvalue weighted by Gasteiger charge is -2.16. The second-order valence-corrected chi connectivity index (χ2v) is 4.55. The summed E-state index contributed by atoms with van der Waals surface area (Å²) >= 11 is 0. The lowest BCUT2D eigenvalue weighted by molar-refractivity contribution is -0.118. The molecule has 0 heterocycles. The van der Waals surface area contributed by atoms with Crippen LogP contribution in [0.3, 0.4) is 0 Å². The monoisotopic (exact) mass is 251 g/mol. The highest BCUT2D eigenvalue weighted by Crippen LogP contribution is 2.31. The molecule has 0 bridgehead atoms. The lowest BCUT2D eigenvalue weighted by atomic mass is 9.98. The number of nitrogens with two attached hydrogens (primary N) is 1. The highest BCUT2D eigenvalue weighted by molar-refractivity contribution is 5.73. The average Bonchev–Trinajstić information content (AvgIpc) is 2.31. The molecule has 0 aliphatic rings. The number of carbonyl (C=O) groups is 1. The van der Waals surface area contributed by atoms with E-state index < -0.39 is 6.10 Å². The third-order valence-corrected chi connectivity index (χ3v) is 3.11. The van der Waals surface area contributed by atoms with Crippen LogP contribution in [0.2, 0.25) is 0 Å².